The number of hydrogen-bond donors (Lipinski definition) is 0. The van der Waals surface area contributed by atoms with E-state index in [1.54, 1.807) is 19.2 Å². The summed E-state index contributed by atoms with van der Waals surface area (Å²) in [5.41, 5.74) is 2.94. The van der Waals surface area contributed by atoms with Crippen LogP contribution in [0.25, 0.3) is 0 Å². The van der Waals surface area contributed by atoms with E-state index in [0.717, 1.165) is 29.2 Å². The number of nitrogens with zero attached hydrogens (tertiary/aromatic N) is 4. The molecule has 3 aliphatic heterocycles. The van der Waals surface area contributed by atoms with Crippen LogP contribution in [-0.4, -0.2) is 73.8 Å². The molecule has 0 saturated carbocycles. The number of ether oxygens (including phenoxy) is 2. The van der Waals surface area contributed by atoms with Crippen molar-refractivity contribution in [2.75, 3.05) is 49.6 Å². The molecule has 186 valence electrons. The number of benzene rings is 2. The maximum absolute atomic E-state index is 14.0. The van der Waals surface area contributed by atoms with Crippen LogP contribution in [0.15, 0.2) is 42.5 Å². The highest BCUT2D eigenvalue weighted by molar-refractivity contribution is 5.83. The Balaban J connectivity index is 1.50. The van der Waals surface area contributed by atoms with Crippen LogP contribution in [0, 0.1) is 16.0 Å². The lowest BCUT2D eigenvalue weighted by Gasteiger charge is -2.50. The van der Waals surface area contributed by atoms with E-state index in [1.165, 1.54) is 0 Å². The van der Waals surface area contributed by atoms with Crippen molar-refractivity contribution in [1.29, 1.82) is 0 Å². The topological polar surface area (TPSA) is 88.4 Å². The van der Waals surface area contributed by atoms with Crippen LogP contribution < -0.4 is 14.5 Å². The standard InChI is InChI=1S/C26H32N4O5/c1-17-14-28(15-18(2)35-17)26(31)21-13-19-12-20(30(32)33)8-9-22(19)29-11-10-27(16-24(21)29)23-6-4-5-7-25(23)34-3/h4-9,12,17-18,21,24H,10-11,13-16H2,1-3H3/t17-,18-,21-,24-/m0/s1. The van der Waals surface area contributed by atoms with E-state index >= 15 is 0 Å². The van der Waals surface area contributed by atoms with E-state index < -0.39 is 0 Å². The van der Waals surface area contributed by atoms with E-state index in [-0.39, 0.29) is 40.7 Å². The molecule has 5 rings (SSSR count). The molecule has 0 aromatic heterocycles. The van der Waals surface area contributed by atoms with Gasteiger partial charge in [0.05, 0.1) is 41.9 Å². The summed E-state index contributed by atoms with van der Waals surface area (Å²) < 4.78 is 11.5. The number of piperazine rings is 1. The number of carbonyl (C=O) groups is 1. The third-order valence-corrected chi connectivity index (χ3v) is 7.38. The molecule has 4 atom stereocenters. The number of carbonyl (C=O) groups excluding carboxylic acids is 1. The second-order valence-electron chi connectivity index (χ2n) is 9.76. The van der Waals surface area contributed by atoms with Crippen molar-refractivity contribution in [3.8, 4) is 5.75 Å². The molecule has 0 aliphatic carbocycles. The van der Waals surface area contributed by atoms with E-state index in [4.69, 9.17) is 9.47 Å². The minimum absolute atomic E-state index is 0.0211. The zero-order chi connectivity index (χ0) is 24.7. The number of nitro groups is 1. The smallest absolute Gasteiger partial charge is 0.269 e. The Hall–Kier alpha value is -3.33. The van der Waals surface area contributed by atoms with E-state index in [1.807, 2.05) is 43.0 Å². The Morgan fingerprint density at radius 1 is 1.06 bits per heavy atom. The fraction of sp³-hybridized carbons (Fsp3) is 0.500. The van der Waals surface area contributed by atoms with Crippen molar-refractivity contribution >= 4 is 23.0 Å². The van der Waals surface area contributed by atoms with Crippen molar-refractivity contribution < 1.29 is 19.2 Å². The molecule has 0 radical (unpaired) electrons. The molecule has 0 unspecified atom stereocenters. The van der Waals surface area contributed by atoms with E-state index in [9.17, 15) is 14.9 Å². The van der Waals surface area contributed by atoms with Crippen LogP contribution in [0.5, 0.6) is 5.75 Å². The fourth-order valence-electron chi connectivity index (χ4n) is 5.91. The average Bonchev–Trinajstić information content (AvgIpc) is 2.86. The molecule has 0 N–H and O–H groups in total. The first-order valence-electron chi connectivity index (χ1n) is 12.2. The van der Waals surface area contributed by atoms with Gasteiger partial charge in [-0.2, -0.15) is 0 Å². The van der Waals surface area contributed by atoms with Gasteiger partial charge in [-0.05, 0) is 44.0 Å². The molecule has 9 nitrogen and oxygen atoms in total. The molecular formula is C26H32N4O5. The van der Waals surface area contributed by atoms with Gasteiger partial charge in [0.2, 0.25) is 5.91 Å². The maximum atomic E-state index is 14.0. The lowest BCUT2D eigenvalue weighted by Crippen LogP contribution is -2.62. The second kappa shape index (κ2) is 9.37. The van der Waals surface area contributed by atoms with Crippen molar-refractivity contribution in [2.45, 2.75) is 38.5 Å². The number of rotatable bonds is 4. The third-order valence-electron chi connectivity index (χ3n) is 7.38. The summed E-state index contributed by atoms with van der Waals surface area (Å²) in [6, 6.07) is 13.0. The van der Waals surface area contributed by atoms with Crippen molar-refractivity contribution in [1.82, 2.24) is 4.90 Å². The van der Waals surface area contributed by atoms with Crippen molar-refractivity contribution in [3.05, 3.63) is 58.1 Å². The van der Waals surface area contributed by atoms with Crippen LogP contribution in [-0.2, 0) is 16.0 Å². The van der Waals surface area contributed by atoms with Crippen LogP contribution in [0.4, 0.5) is 17.1 Å². The van der Waals surface area contributed by atoms with Crippen LogP contribution >= 0.6 is 0 Å². The SMILES string of the molecule is COc1ccccc1N1CCN2c3ccc([N+](=O)[O-])cc3C[C@H](C(=O)N3C[C@H](C)O[C@@H](C)C3)[C@@H]2C1. The summed E-state index contributed by atoms with van der Waals surface area (Å²) >= 11 is 0. The van der Waals surface area contributed by atoms with Gasteiger partial charge in [0.1, 0.15) is 5.75 Å². The van der Waals surface area contributed by atoms with Gasteiger partial charge in [-0.3, -0.25) is 14.9 Å². The minimum Gasteiger partial charge on any atom is -0.495 e. The highest BCUT2D eigenvalue weighted by Gasteiger charge is 2.44. The largest absolute Gasteiger partial charge is 0.495 e. The molecule has 35 heavy (non-hydrogen) atoms. The number of amides is 1. The van der Waals surface area contributed by atoms with Crippen molar-refractivity contribution in [2.24, 2.45) is 5.92 Å². The summed E-state index contributed by atoms with van der Waals surface area (Å²) in [5, 5.41) is 11.4. The average molecular weight is 481 g/mol. The first kappa shape index (κ1) is 23.4. The lowest BCUT2D eigenvalue weighted by molar-refractivity contribution is -0.384. The molecule has 2 aromatic rings. The molecule has 9 heteroatoms. The van der Waals surface area contributed by atoms with Gasteiger partial charge in [-0.15, -0.1) is 0 Å². The van der Waals surface area contributed by atoms with E-state index in [0.29, 0.717) is 32.6 Å². The van der Waals surface area contributed by atoms with Gasteiger partial charge in [-0.25, -0.2) is 0 Å². The summed E-state index contributed by atoms with van der Waals surface area (Å²) in [6.07, 6.45) is 0.441. The number of fused-ring (bicyclic) bond motifs is 3. The van der Waals surface area contributed by atoms with Gasteiger partial charge in [0, 0.05) is 50.5 Å². The highest BCUT2D eigenvalue weighted by atomic mass is 16.6. The molecule has 0 spiro atoms. The lowest BCUT2D eigenvalue weighted by atomic mass is 9.82. The summed E-state index contributed by atoms with van der Waals surface area (Å²) in [6.45, 7) is 7.25. The van der Waals surface area contributed by atoms with Gasteiger partial charge in [-0.1, -0.05) is 12.1 Å². The van der Waals surface area contributed by atoms with Gasteiger partial charge < -0.3 is 24.2 Å². The Labute approximate surface area is 205 Å². The van der Waals surface area contributed by atoms with Gasteiger partial charge in [0.25, 0.3) is 5.69 Å². The second-order valence-corrected chi connectivity index (χ2v) is 9.76. The summed E-state index contributed by atoms with van der Waals surface area (Å²) in [5.74, 6) is 0.604. The molecule has 3 heterocycles. The number of morpholine rings is 1. The predicted molar refractivity (Wildman–Crippen MR) is 133 cm³/mol. The van der Waals surface area contributed by atoms with Crippen LogP contribution in [0.2, 0.25) is 0 Å². The maximum Gasteiger partial charge on any atom is 0.269 e. The highest BCUT2D eigenvalue weighted by Crippen LogP contribution is 2.40. The monoisotopic (exact) mass is 480 g/mol. The normalized spacial score (nSPS) is 26.1. The minimum atomic E-state index is -0.367. The number of hydrogen-bond acceptors (Lipinski definition) is 7. The van der Waals surface area contributed by atoms with Crippen LogP contribution in [0.3, 0.4) is 0 Å². The Bertz CT molecular complexity index is 1110. The first-order chi connectivity index (χ1) is 16.9. The zero-order valence-corrected chi connectivity index (χ0v) is 20.4. The number of non-ortho nitro benzene ring substituents is 1. The molecule has 2 aromatic carbocycles. The number of anilines is 2. The Morgan fingerprint density at radius 2 is 1.80 bits per heavy atom. The van der Waals surface area contributed by atoms with Crippen LogP contribution in [0.1, 0.15) is 19.4 Å². The third kappa shape index (κ3) is 4.40. The molecule has 1 amide bonds. The summed E-state index contributed by atoms with van der Waals surface area (Å²) in [7, 11) is 1.67. The molecule has 2 fully saturated rings. The quantitative estimate of drug-likeness (QED) is 0.491. The van der Waals surface area contributed by atoms with E-state index in [2.05, 4.69) is 15.9 Å². The molecule has 2 saturated heterocycles. The number of nitro benzene ring substituents is 1. The zero-order valence-electron chi connectivity index (χ0n) is 20.4. The molecule has 0 bridgehead atoms. The molecular weight excluding hydrogens is 448 g/mol. The summed E-state index contributed by atoms with van der Waals surface area (Å²) in [4.78, 5) is 31.5. The number of para-hydroxylation sites is 2. The first-order valence-corrected chi connectivity index (χ1v) is 12.2. The molecule has 3 aliphatic rings. The van der Waals surface area contributed by atoms with Crippen molar-refractivity contribution in [3.63, 3.8) is 0 Å². The fourth-order valence-corrected chi connectivity index (χ4v) is 5.91. The Morgan fingerprint density at radius 3 is 2.51 bits per heavy atom. The Kier molecular flexibility index (Phi) is 6.27. The van der Waals surface area contributed by atoms with Gasteiger partial charge >= 0.3 is 0 Å². The number of methoxy groups -OCH3 is 1. The predicted octanol–water partition coefficient (Wildman–Crippen LogP) is 3.11. The van der Waals surface area contributed by atoms with Gasteiger partial charge in [0.15, 0.2) is 0 Å².